The van der Waals surface area contributed by atoms with Crippen LogP contribution in [-0.2, 0) is 40.9 Å². The Morgan fingerprint density at radius 1 is 0.918 bits per heavy atom. The molecule has 2 fully saturated rings. The average molecular weight is 824 g/mol. The molecule has 61 heavy (non-hydrogen) atoms. The molecule has 1 saturated heterocycles. The number of aliphatic hydroxyl groups is 2. The van der Waals surface area contributed by atoms with Crippen LogP contribution < -0.4 is 15.8 Å². The lowest BCUT2D eigenvalue weighted by atomic mass is 9.51. The van der Waals surface area contributed by atoms with Crippen molar-refractivity contribution in [2.75, 3.05) is 13.2 Å². The first kappa shape index (κ1) is 40.5. The third kappa shape index (κ3) is 7.48. The van der Waals surface area contributed by atoms with E-state index in [4.69, 9.17) is 19.9 Å². The Morgan fingerprint density at radius 2 is 1.77 bits per heavy atom. The van der Waals surface area contributed by atoms with Crippen LogP contribution in [0.5, 0.6) is 11.5 Å². The summed E-state index contributed by atoms with van der Waals surface area (Å²) in [6.45, 7) is 3.20. The number of phenols is 1. The zero-order valence-electron chi connectivity index (χ0n) is 35.6. The van der Waals surface area contributed by atoms with Gasteiger partial charge in [-0.25, -0.2) is 0 Å². The van der Waals surface area contributed by atoms with Gasteiger partial charge in [0.05, 0.1) is 37.2 Å². The fourth-order valence-corrected chi connectivity index (χ4v) is 12.1. The summed E-state index contributed by atoms with van der Waals surface area (Å²) in [4.78, 5) is 0. The summed E-state index contributed by atoms with van der Waals surface area (Å²) < 4.78 is 22.6. The van der Waals surface area contributed by atoms with Gasteiger partial charge in [0.15, 0.2) is 11.5 Å². The normalized spacial score (nSPS) is 28.9. The highest BCUT2D eigenvalue weighted by Gasteiger charge is 2.58. The van der Waals surface area contributed by atoms with Crippen LogP contribution in [0.3, 0.4) is 0 Å². The van der Waals surface area contributed by atoms with Gasteiger partial charge >= 0.3 is 0 Å². The van der Waals surface area contributed by atoms with Crippen LogP contribution in [-0.4, -0.2) is 57.1 Å². The van der Waals surface area contributed by atoms with Crippen LogP contribution in [0.4, 0.5) is 0 Å². The lowest BCUT2D eigenvalue weighted by Gasteiger charge is -2.59. The maximum atomic E-state index is 11.5. The molecule has 6 atom stereocenters. The van der Waals surface area contributed by atoms with Crippen LogP contribution in [0.15, 0.2) is 78.1 Å². The Bertz CT molecular complexity index is 2430. The number of nitrogens with zero attached hydrogens (tertiary/aromatic N) is 1. The van der Waals surface area contributed by atoms with E-state index in [9.17, 15) is 15.3 Å². The van der Waals surface area contributed by atoms with Crippen molar-refractivity contribution < 1.29 is 29.5 Å². The van der Waals surface area contributed by atoms with Crippen molar-refractivity contribution in [2.24, 2.45) is 17.6 Å². The van der Waals surface area contributed by atoms with Gasteiger partial charge in [-0.3, -0.25) is 0 Å². The van der Waals surface area contributed by atoms with Gasteiger partial charge in [-0.2, -0.15) is 0 Å². The van der Waals surface area contributed by atoms with E-state index in [0.717, 1.165) is 90.2 Å². The molecule has 4 aliphatic heterocycles. The number of benzene rings is 3. The number of aryl methyl sites for hydroxylation is 2. The van der Waals surface area contributed by atoms with Gasteiger partial charge in [0.1, 0.15) is 12.4 Å². The second kappa shape index (κ2) is 16.6. The predicted octanol–water partition coefficient (Wildman–Crippen LogP) is 8.28. The van der Waals surface area contributed by atoms with E-state index in [1.54, 1.807) is 6.07 Å². The van der Waals surface area contributed by atoms with Crippen LogP contribution in [0, 0.1) is 23.7 Å². The highest BCUT2D eigenvalue weighted by molar-refractivity contribution is 5.88. The Labute approximate surface area is 360 Å². The second-order valence-electron chi connectivity index (χ2n) is 18.8. The zero-order chi connectivity index (χ0) is 41.7. The summed E-state index contributed by atoms with van der Waals surface area (Å²) in [5.74, 6) is 8.74. The molecule has 0 radical (unpaired) electrons. The number of dihydropyridines is 1. The number of phenolic OH excluding ortho intramolecular Hbond substituents is 1. The number of nitrogens with two attached hydrogens (primary N) is 1. The number of nitrogens with one attached hydrogen (secondary N) is 1. The monoisotopic (exact) mass is 823 g/mol. The highest BCUT2D eigenvalue weighted by Crippen LogP contribution is 2.59. The lowest BCUT2D eigenvalue weighted by molar-refractivity contribution is -0.166. The summed E-state index contributed by atoms with van der Waals surface area (Å²) in [5, 5.41) is 38.9. The average Bonchev–Trinajstić information content (AvgIpc) is 3.70. The predicted molar refractivity (Wildman–Crippen MR) is 238 cm³/mol. The largest absolute Gasteiger partial charge is 0.504 e. The molecule has 6 unspecified atom stereocenters. The van der Waals surface area contributed by atoms with E-state index < -0.39 is 12.3 Å². The van der Waals surface area contributed by atoms with E-state index >= 15 is 0 Å². The van der Waals surface area contributed by atoms with E-state index in [2.05, 4.69) is 77.4 Å². The molecule has 320 valence electrons. The zero-order valence-corrected chi connectivity index (χ0v) is 35.6. The lowest BCUT2D eigenvalue weighted by Crippen LogP contribution is -2.59. The smallest absolute Gasteiger partial charge is 0.161 e. The van der Waals surface area contributed by atoms with Gasteiger partial charge in [-0.05, 0) is 128 Å². The molecule has 0 amide bonds. The van der Waals surface area contributed by atoms with Gasteiger partial charge < -0.3 is 45.1 Å². The maximum absolute atomic E-state index is 11.5. The third-order valence-corrected chi connectivity index (χ3v) is 15.1. The number of rotatable bonds is 2. The number of aromatic hydroxyl groups is 1. The molecular weight excluding hydrogens is 763 g/mol. The number of hydrogen-bond donors (Lipinski definition) is 5. The molecule has 1 saturated carbocycles. The topological polar surface area (TPSA) is 131 Å². The summed E-state index contributed by atoms with van der Waals surface area (Å²) >= 11 is 0. The number of fused-ring (bicyclic) bond motifs is 10. The van der Waals surface area contributed by atoms with Crippen molar-refractivity contribution in [1.29, 1.82) is 0 Å². The summed E-state index contributed by atoms with van der Waals surface area (Å²) in [5.41, 5.74) is 14.8. The molecular formula is C52H61N3O6. The van der Waals surface area contributed by atoms with Crippen LogP contribution in [0.2, 0.25) is 0 Å². The van der Waals surface area contributed by atoms with Crippen molar-refractivity contribution >= 4 is 16.6 Å². The number of aromatic nitrogens is 1. The number of hydrogen-bond acceptors (Lipinski definition) is 8. The maximum Gasteiger partial charge on any atom is 0.161 e. The van der Waals surface area contributed by atoms with E-state index in [1.807, 2.05) is 12.1 Å². The van der Waals surface area contributed by atoms with Crippen molar-refractivity contribution in [2.45, 2.75) is 139 Å². The Kier molecular flexibility index (Phi) is 11.0. The first-order chi connectivity index (χ1) is 29.7. The molecule has 6 bridgehead atoms. The number of aliphatic hydroxyl groups excluding tert-OH is 2. The van der Waals surface area contributed by atoms with Crippen molar-refractivity contribution in [3.8, 4) is 23.3 Å². The highest BCUT2D eigenvalue weighted by atomic mass is 16.5. The summed E-state index contributed by atoms with van der Waals surface area (Å²) in [6.07, 6.45) is 18.2. The first-order valence-corrected chi connectivity index (χ1v) is 23.0. The minimum atomic E-state index is -0.623. The van der Waals surface area contributed by atoms with Crippen LogP contribution in [0.1, 0.15) is 117 Å². The molecule has 9 nitrogen and oxygen atoms in total. The minimum absolute atomic E-state index is 0.0138. The quantitative estimate of drug-likeness (QED) is 0.128. The van der Waals surface area contributed by atoms with Gasteiger partial charge in [0.25, 0.3) is 0 Å². The molecule has 10 rings (SSSR count). The van der Waals surface area contributed by atoms with Gasteiger partial charge in [-0.1, -0.05) is 68.4 Å². The van der Waals surface area contributed by atoms with Crippen LogP contribution >= 0.6 is 0 Å². The van der Waals surface area contributed by atoms with E-state index in [-0.39, 0.29) is 42.0 Å². The molecule has 3 aromatic carbocycles. The Morgan fingerprint density at radius 3 is 2.64 bits per heavy atom. The minimum Gasteiger partial charge on any atom is -0.504 e. The SMILES string of the molecule is CC1C#CC2=CC(N)NC3=C2COC(CCC1)CC(O)CCc1cc(c(O)cc1CO)OCc1cc(C24CCOC5(CCCCC5)C2CCc2ccccc24)cc2cn3cc12. The van der Waals surface area contributed by atoms with E-state index in [1.165, 1.54) is 36.0 Å². The molecule has 5 heterocycles. The van der Waals surface area contributed by atoms with E-state index in [0.29, 0.717) is 49.7 Å². The van der Waals surface area contributed by atoms with Crippen LogP contribution in [0.25, 0.3) is 16.6 Å². The molecule has 4 aromatic rings. The Balaban J connectivity index is 1.18. The van der Waals surface area contributed by atoms with Gasteiger partial charge in [0, 0.05) is 58.2 Å². The van der Waals surface area contributed by atoms with Gasteiger partial charge in [0.2, 0.25) is 0 Å². The van der Waals surface area contributed by atoms with Crippen molar-refractivity contribution in [3.63, 3.8) is 0 Å². The molecule has 2 aliphatic carbocycles. The van der Waals surface area contributed by atoms with Gasteiger partial charge in [-0.15, -0.1) is 0 Å². The molecule has 1 aromatic heterocycles. The standard InChI is InChI=1S/C52H61N3O6/c1-33-8-7-10-42-27-41(57)16-14-35-25-47(46(58)24-38(35)30-56)60-31-39-23-40(22-37-28-55(29-43(37)39)50-44(32-59-42)36(13-12-33)26-49(53)54-50)52-20-21-61-51(18-5-2-6-19-51)48(52)17-15-34-9-3-4-11-45(34)52/h3-4,9,11,22-26,28-29,33,41-42,48-49,54,56-58H,2,5-8,10,14-21,27,30-32,53H2,1H3. The molecule has 1 spiro atoms. The fraction of sp³-hybridized carbons (Fsp3) is 0.500. The third-order valence-electron chi connectivity index (χ3n) is 15.1. The summed E-state index contributed by atoms with van der Waals surface area (Å²) in [7, 11) is 0. The molecule has 9 heteroatoms. The first-order valence-electron chi connectivity index (χ1n) is 23.0. The van der Waals surface area contributed by atoms with Crippen molar-refractivity contribution in [1.82, 2.24) is 9.88 Å². The number of ether oxygens (including phenoxy) is 3. The molecule has 6 N–H and O–H groups in total. The fourth-order valence-electron chi connectivity index (χ4n) is 12.1. The Hall–Kier alpha value is -4.56. The van der Waals surface area contributed by atoms with Crippen molar-refractivity contribution in [3.05, 3.63) is 112 Å². The second-order valence-corrected chi connectivity index (χ2v) is 18.8. The summed E-state index contributed by atoms with van der Waals surface area (Å²) in [6, 6.07) is 17.4. The molecule has 6 aliphatic rings.